The monoisotopic (exact) mass is 252 g/mol. The fraction of sp³-hybridized carbons (Fsp3) is 0.667. The molecule has 0 aliphatic rings. The van der Waals surface area contributed by atoms with Crippen molar-refractivity contribution in [2.45, 2.75) is 65.2 Å². The zero-order valence-corrected chi connectivity index (χ0v) is 11.5. The molecular formula is C15H24O3. The van der Waals surface area contributed by atoms with Crippen LogP contribution in [-0.2, 0) is 17.6 Å². The van der Waals surface area contributed by atoms with Gasteiger partial charge in [-0.1, -0.05) is 19.8 Å². The molecule has 102 valence electrons. The number of hydrogen-bond acceptors (Lipinski definition) is 2. The van der Waals surface area contributed by atoms with Crippen LogP contribution in [0.5, 0.6) is 0 Å². The second-order valence-electron chi connectivity index (χ2n) is 4.88. The fourth-order valence-electron chi connectivity index (χ4n) is 2.07. The summed E-state index contributed by atoms with van der Waals surface area (Å²) in [5.74, 6) is 1.40. The van der Waals surface area contributed by atoms with Gasteiger partial charge in [-0.2, -0.15) is 0 Å². The van der Waals surface area contributed by atoms with Gasteiger partial charge in [0.1, 0.15) is 11.5 Å². The van der Waals surface area contributed by atoms with Gasteiger partial charge in [-0.15, -0.1) is 0 Å². The number of hydrogen-bond donors (Lipinski definition) is 1. The second kappa shape index (κ2) is 7.96. The van der Waals surface area contributed by atoms with Crippen LogP contribution in [0.1, 0.15) is 62.5 Å². The number of furan rings is 1. The van der Waals surface area contributed by atoms with Crippen LogP contribution in [-0.4, -0.2) is 11.1 Å². The Morgan fingerprint density at radius 2 is 1.94 bits per heavy atom. The third kappa shape index (κ3) is 5.39. The largest absolute Gasteiger partial charge is 0.481 e. The van der Waals surface area contributed by atoms with E-state index in [0.717, 1.165) is 37.2 Å². The van der Waals surface area contributed by atoms with Crippen molar-refractivity contribution in [2.24, 2.45) is 0 Å². The molecular weight excluding hydrogens is 228 g/mol. The van der Waals surface area contributed by atoms with Gasteiger partial charge in [0.25, 0.3) is 0 Å². The third-order valence-corrected chi connectivity index (χ3v) is 3.14. The zero-order valence-electron chi connectivity index (χ0n) is 11.5. The van der Waals surface area contributed by atoms with Gasteiger partial charge in [0.2, 0.25) is 0 Å². The zero-order chi connectivity index (χ0) is 13.4. The molecule has 0 saturated heterocycles. The molecule has 0 unspecified atom stereocenters. The van der Waals surface area contributed by atoms with Crippen LogP contribution in [0, 0.1) is 6.92 Å². The minimum atomic E-state index is -0.717. The highest BCUT2D eigenvalue weighted by Crippen LogP contribution is 2.19. The summed E-state index contributed by atoms with van der Waals surface area (Å²) in [7, 11) is 0. The van der Waals surface area contributed by atoms with Crippen LogP contribution in [0.25, 0.3) is 0 Å². The molecule has 0 aliphatic carbocycles. The quantitative estimate of drug-likeness (QED) is 0.673. The highest BCUT2D eigenvalue weighted by molar-refractivity contribution is 5.66. The molecule has 0 aliphatic heterocycles. The molecule has 1 aromatic rings. The van der Waals surface area contributed by atoms with E-state index >= 15 is 0 Å². The summed E-state index contributed by atoms with van der Waals surface area (Å²) >= 11 is 0. The maximum atomic E-state index is 10.4. The lowest BCUT2D eigenvalue weighted by molar-refractivity contribution is -0.137. The Bertz CT molecular complexity index is 366. The van der Waals surface area contributed by atoms with Crippen molar-refractivity contribution >= 4 is 5.97 Å². The molecule has 0 spiro atoms. The standard InChI is InChI=1S/C15H24O3/c1-3-4-5-9-14-12(2)11-13(18-14)8-6-7-10-15(16)17/h11H,3-10H2,1-2H3,(H,16,17). The highest BCUT2D eigenvalue weighted by atomic mass is 16.4. The van der Waals surface area contributed by atoms with Crippen molar-refractivity contribution in [3.63, 3.8) is 0 Å². The van der Waals surface area contributed by atoms with E-state index in [0.29, 0.717) is 0 Å². The third-order valence-electron chi connectivity index (χ3n) is 3.14. The summed E-state index contributed by atoms with van der Waals surface area (Å²) in [6.45, 7) is 4.29. The normalized spacial score (nSPS) is 10.8. The molecule has 3 nitrogen and oxygen atoms in total. The van der Waals surface area contributed by atoms with Gasteiger partial charge >= 0.3 is 5.97 Å². The van der Waals surface area contributed by atoms with Gasteiger partial charge in [0.15, 0.2) is 0 Å². The van der Waals surface area contributed by atoms with Crippen molar-refractivity contribution < 1.29 is 14.3 Å². The average molecular weight is 252 g/mol. The first-order valence-corrected chi connectivity index (χ1v) is 6.93. The molecule has 0 atom stereocenters. The van der Waals surface area contributed by atoms with E-state index in [-0.39, 0.29) is 6.42 Å². The number of carbonyl (C=O) groups is 1. The Kier molecular flexibility index (Phi) is 6.55. The molecule has 3 heteroatoms. The molecule has 0 saturated carbocycles. The number of rotatable bonds is 9. The van der Waals surface area contributed by atoms with Gasteiger partial charge in [-0.25, -0.2) is 0 Å². The van der Waals surface area contributed by atoms with Crippen LogP contribution >= 0.6 is 0 Å². The summed E-state index contributed by atoms with van der Waals surface area (Å²) in [5.41, 5.74) is 1.24. The number of unbranched alkanes of at least 4 members (excludes halogenated alkanes) is 3. The molecule has 0 fully saturated rings. The minimum absolute atomic E-state index is 0.253. The van der Waals surface area contributed by atoms with Gasteiger partial charge in [-0.3, -0.25) is 4.79 Å². The number of carboxylic acids is 1. The van der Waals surface area contributed by atoms with E-state index in [1.807, 2.05) is 0 Å². The van der Waals surface area contributed by atoms with Crippen LogP contribution in [0.2, 0.25) is 0 Å². The Morgan fingerprint density at radius 1 is 1.22 bits per heavy atom. The van der Waals surface area contributed by atoms with E-state index in [2.05, 4.69) is 19.9 Å². The lowest BCUT2D eigenvalue weighted by Crippen LogP contribution is -1.94. The van der Waals surface area contributed by atoms with Gasteiger partial charge in [0.05, 0.1) is 0 Å². The Hall–Kier alpha value is -1.25. The predicted molar refractivity (Wildman–Crippen MR) is 71.9 cm³/mol. The summed E-state index contributed by atoms with van der Waals surface area (Å²) in [5, 5.41) is 8.56. The number of carboxylic acid groups (broad SMARTS) is 1. The molecule has 0 bridgehead atoms. The van der Waals surface area contributed by atoms with E-state index in [4.69, 9.17) is 9.52 Å². The molecule has 18 heavy (non-hydrogen) atoms. The molecule has 1 N–H and O–H groups in total. The fourth-order valence-corrected chi connectivity index (χ4v) is 2.07. The maximum absolute atomic E-state index is 10.4. The van der Waals surface area contributed by atoms with Crippen molar-refractivity contribution in [3.05, 3.63) is 23.2 Å². The van der Waals surface area contributed by atoms with Crippen LogP contribution in [0.3, 0.4) is 0 Å². The van der Waals surface area contributed by atoms with Gasteiger partial charge in [-0.05, 0) is 37.8 Å². The second-order valence-corrected chi connectivity index (χ2v) is 4.88. The average Bonchev–Trinajstić information content (AvgIpc) is 2.66. The smallest absolute Gasteiger partial charge is 0.303 e. The van der Waals surface area contributed by atoms with E-state index in [9.17, 15) is 4.79 Å². The molecule has 0 aromatic carbocycles. The topological polar surface area (TPSA) is 50.4 Å². The van der Waals surface area contributed by atoms with Crippen molar-refractivity contribution in [2.75, 3.05) is 0 Å². The van der Waals surface area contributed by atoms with Crippen molar-refractivity contribution in [3.8, 4) is 0 Å². The van der Waals surface area contributed by atoms with E-state index in [1.165, 1.54) is 24.8 Å². The molecule has 0 amide bonds. The Morgan fingerprint density at radius 3 is 2.61 bits per heavy atom. The highest BCUT2D eigenvalue weighted by Gasteiger charge is 2.07. The summed E-state index contributed by atoms with van der Waals surface area (Å²) in [4.78, 5) is 10.4. The predicted octanol–water partition coefficient (Wildman–Crippen LogP) is 4.12. The maximum Gasteiger partial charge on any atom is 0.303 e. The number of aryl methyl sites for hydroxylation is 3. The van der Waals surface area contributed by atoms with Crippen LogP contribution in [0.15, 0.2) is 10.5 Å². The summed E-state index contributed by atoms with van der Waals surface area (Å²) in [6, 6.07) is 2.10. The van der Waals surface area contributed by atoms with E-state index < -0.39 is 5.97 Å². The summed E-state index contributed by atoms with van der Waals surface area (Å²) in [6.07, 6.45) is 7.38. The van der Waals surface area contributed by atoms with E-state index in [1.54, 1.807) is 0 Å². The molecule has 0 radical (unpaired) electrons. The minimum Gasteiger partial charge on any atom is -0.481 e. The first kappa shape index (κ1) is 14.8. The molecule has 1 heterocycles. The van der Waals surface area contributed by atoms with Crippen LogP contribution < -0.4 is 0 Å². The lowest BCUT2D eigenvalue weighted by atomic mass is 10.1. The first-order chi connectivity index (χ1) is 8.63. The Balaban J connectivity index is 2.33. The van der Waals surface area contributed by atoms with Crippen LogP contribution in [0.4, 0.5) is 0 Å². The molecule has 1 aromatic heterocycles. The number of aliphatic carboxylic acids is 1. The van der Waals surface area contributed by atoms with Crippen molar-refractivity contribution in [1.29, 1.82) is 0 Å². The van der Waals surface area contributed by atoms with Gasteiger partial charge in [0, 0.05) is 19.3 Å². The lowest BCUT2D eigenvalue weighted by Gasteiger charge is -1.98. The Labute approximate surface area is 109 Å². The summed E-state index contributed by atoms with van der Waals surface area (Å²) < 4.78 is 5.82. The van der Waals surface area contributed by atoms with Gasteiger partial charge < -0.3 is 9.52 Å². The molecule has 1 rings (SSSR count). The van der Waals surface area contributed by atoms with Crippen molar-refractivity contribution in [1.82, 2.24) is 0 Å². The SMILES string of the molecule is CCCCCc1oc(CCCCC(=O)O)cc1C. The first-order valence-electron chi connectivity index (χ1n) is 6.93.